The number of fused-ring (bicyclic) bond motifs is 2. The lowest BCUT2D eigenvalue weighted by Gasteiger charge is -2.36. The molecule has 1 aliphatic rings. The van der Waals surface area contributed by atoms with Gasteiger partial charge in [0.25, 0.3) is 5.91 Å². The van der Waals surface area contributed by atoms with E-state index in [1.165, 1.54) is 11.6 Å². The van der Waals surface area contributed by atoms with Crippen LogP contribution in [0.15, 0.2) is 49.2 Å². The Hall–Kier alpha value is -3.48. The normalized spacial score (nSPS) is 15.8. The van der Waals surface area contributed by atoms with Gasteiger partial charge in [-0.25, -0.2) is 9.50 Å². The van der Waals surface area contributed by atoms with E-state index in [4.69, 9.17) is 0 Å². The lowest BCUT2D eigenvalue weighted by molar-refractivity contribution is -0.129. The molecule has 7 heteroatoms. The first kappa shape index (κ1) is 18.9. The lowest BCUT2D eigenvalue weighted by atomic mass is 9.93. The van der Waals surface area contributed by atoms with Gasteiger partial charge in [0, 0.05) is 25.4 Å². The molecule has 2 amide bonds. The summed E-state index contributed by atoms with van der Waals surface area (Å²) >= 11 is 0. The Balaban J connectivity index is 1.54. The number of aryl methyl sites for hydroxylation is 2. The van der Waals surface area contributed by atoms with E-state index >= 15 is 0 Å². The maximum atomic E-state index is 12.8. The summed E-state index contributed by atoms with van der Waals surface area (Å²) in [5.41, 5.74) is 5.09. The molecular formula is C22H23N5O2. The van der Waals surface area contributed by atoms with Crippen molar-refractivity contribution < 1.29 is 9.59 Å². The highest BCUT2D eigenvalue weighted by Crippen LogP contribution is 2.23. The van der Waals surface area contributed by atoms with Gasteiger partial charge in [-0.1, -0.05) is 30.8 Å². The number of nitrogens with zero attached hydrogens (tertiary/aromatic N) is 4. The molecule has 1 aliphatic heterocycles. The number of hydrogen-bond acceptors (Lipinski definition) is 4. The van der Waals surface area contributed by atoms with Crippen LogP contribution < -0.4 is 5.32 Å². The first-order chi connectivity index (χ1) is 14.0. The minimum atomic E-state index is -0.227. The Morgan fingerprint density at radius 2 is 2.03 bits per heavy atom. The maximum Gasteiger partial charge on any atom is 0.254 e. The van der Waals surface area contributed by atoms with Crippen molar-refractivity contribution in [3.63, 3.8) is 0 Å². The van der Waals surface area contributed by atoms with Crippen LogP contribution in [0.3, 0.4) is 0 Å². The molecule has 0 bridgehead atoms. The van der Waals surface area contributed by atoms with Crippen molar-refractivity contribution in [1.82, 2.24) is 24.8 Å². The minimum absolute atomic E-state index is 0.134. The quantitative estimate of drug-likeness (QED) is 0.694. The van der Waals surface area contributed by atoms with Gasteiger partial charge in [0.2, 0.25) is 5.91 Å². The van der Waals surface area contributed by atoms with Crippen molar-refractivity contribution in [3.8, 4) is 0 Å². The average molecular weight is 389 g/mol. The van der Waals surface area contributed by atoms with Gasteiger partial charge in [-0.15, -0.1) is 0 Å². The predicted octanol–water partition coefficient (Wildman–Crippen LogP) is 2.22. The molecular weight excluding hydrogens is 366 g/mol. The number of aromatic nitrogens is 3. The molecule has 0 saturated heterocycles. The van der Waals surface area contributed by atoms with Crippen molar-refractivity contribution in [3.05, 3.63) is 77.3 Å². The largest absolute Gasteiger partial charge is 0.350 e. The lowest BCUT2D eigenvalue weighted by Crippen LogP contribution is -2.49. The second-order valence-corrected chi connectivity index (χ2v) is 7.32. The third kappa shape index (κ3) is 3.51. The summed E-state index contributed by atoms with van der Waals surface area (Å²) in [5.74, 6) is -0.361. The zero-order valence-electron chi connectivity index (χ0n) is 16.6. The number of benzene rings is 1. The summed E-state index contributed by atoms with van der Waals surface area (Å²) in [6.45, 7) is 8.22. The first-order valence-electron chi connectivity index (χ1n) is 9.58. The highest BCUT2D eigenvalue weighted by molar-refractivity contribution is 5.95. The zero-order valence-corrected chi connectivity index (χ0v) is 16.6. The van der Waals surface area contributed by atoms with E-state index in [2.05, 4.69) is 28.0 Å². The van der Waals surface area contributed by atoms with Crippen molar-refractivity contribution in [1.29, 1.82) is 0 Å². The summed E-state index contributed by atoms with van der Waals surface area (Å²) in [6, 6.07) is 9.80. The molecule has 2 aromatic heterocycles. The highest BCUT2D eigenvalue weighted by atomic mass is 16.2. The molecule has 0 saturated carbocycles. The summed E-state index contributed by atoms with van der Waals surface area (Å²) in [7, 11) is 0. The zero-order chi connectivity index (χ0) is 20.5. The smallest absolute Gasteiger partial charge is 0.254 e. The number of rotatable bonds is 4. The van der Waals surface area contributed by atoms with E-state index < -0.39 is 0 Å². The average Bonchev–Trinajstić information content (AvgIpc) is 3.12. The molecule has 148 valence electrons. The van der Waals surface area contributed by atoms with E-state index in [0.29, 0.717) is 30.7 Å². The van der Waals surface area contributed by atoms with Crippen LogP contribution in [0.2, 0.25) is 0 Å². The Morgan fingerprint density at radius 1 is 1.28 bits per heavy atom. The van der Waals surface area contributed by atoms with Crippen LogP contribution in [0.1, 0.15) is 32.9 Å². The SMILES string of the molecule is C=CC(=O)N1Cc2ccccc2CC1CNC(=O)c1cnc2cc(C)nn2c1C. The van der Waals surface area contributed by atoms with Crippen molar-refractivity contribution >= 4 is 17.5 Å². The molecule has 1 aromatic carbocycles. The third-order valence-electron chi connectivity index (χ3n) is 5.40. The van der Waals surface area contributed by atoms with Gasteiger partial charge in [-0.05, 0) is 37.5 Å². The van der Waals surface area contributed by atoms with Gasteiger partial charge in [-0.2, -0.15) is 5.10 Å². The molecule has 1 atom stereocenters. The van der Waals surface area contributed by atoms with Crippen LogP contribution >= 0.6 is 0 Å². The summed E-state index contributed by atoms with van der Waals surface area (Å²) in [5, 5.41) is 7.36. The van der Waals surface area contributed by atoms with Gasteiger partial charge in [0.05, 0.1) is 23.0 Å². The fraction of sp³-hybridized carbons (Fsp3) is 0.273. The van der Waals surface area contributed by atoms with Crippen LogP contribution in [0, 0.1) is 13.8 Å². The van der Waals surface area contributed by atoms with Gasteiger partial charge in [-0.3, -0.25) is 9.59 Å². The number of nitrogens with one attached hydrogen (secondary N) is 1. The Labute approximate surface area is 169 Å². The Kier molecular flexibility index (Phi) is 4.88. The maximum absolute atomic E-state index is 12.8. The second kappa shape index (κ2) is 7.50. The van der Waals surface area contributed by atoms with Gasteiger partial charge >= 0.3 is 0 Å². The van der Waals surface area contributed by atoms with Crippen LogP contribution in [0.25, 0.3) is 5.65 Å². The van der Waals surface area contributed by atoms with Gasteiger partial charge in [0.15, 0.2) is 5.65 Å². The molecule has 1 unspecified atom stereocenters. The fourth-order valence-electron chi connectivity index (χ4n) is 3.84. The van der Waals surface area contributed by atoms with Crippen molar-refractivity contribution in [2.24, 2.45) is 0 Å². The third-order valence-corrected chi connectivity index (χ3v) is 5.40. The topological polar surface area (TPSA) is 79.6 Å². The van der Waals surface area contributed by atoms with Gasteiger partial charge < -0.3 is 10.2 Å². The van der Waals surface area contributed by atoms with Crippen LogP contribution in [-0.2, 0) is 17.8 Å². The predicted molar refractivity (Wildman–Crippen MR) is 109 cm³/mol. The van der Waals surface area contributed by atoms with E-state index in [1.54, 1.807) is 15.6 Å². The molecule has 3 aromatic rings. The molecule has 4 rings (SSSR count). The Bertz CT molecular complexity index is 1120. The Morgan fingerprint density at radius 3 is 2.79 bits per heavy atom. The summed E-state index contributed by atoms with van der Waals surface area (Å²) in [6.07, 6.45) is 3.58. The monoisotopic (exact) mass is 389 g/mol. The molecule has 3 heterocycles. The molecule has 7 nitrogen and oxygen atoms in total. The van der Waals surface area contributed by atoms with Crippen molar-refractivity contribution in [2.75, 3.05) is 6.54 Å². The highest BCUT2D eigenvalue weighted by Gasteiger charge is 2.29. The van der Waals surface area contributed by atoms with Gasteiger partial charge in [0.1, 0.15) is 0 Å². The fourth-order valence-corrected chi connectivity index (χ4v) is 3.84. The second-order valence-electron chi connectivity index (χ2n) is 7.32. The number of hydrogen-bond donors (Lipinski definition) is 1. The molecule has 0 spiro atoms. The minimum Gasteiger partial charge on any atom is -0.350 e. The van der Waals surface area contributed by atoms with E-state index in [-0.39, 0.29) is 17.9 Å². The van der Waals surface area contributed by atoms with Crippen molar-refractivity contribution in [2.45, 2.75) is 32.9 Å². The molecule has 0 fully saturated rings. The molecule has 1 N–H and O–H groups in total. The van der Waals surface area contributed by atoms with Crippen LogP contribution in [-0.4, -0.2) is 43.9 Å². The summed E-state index contributed by atoms with van der Waals surface area (Å²) < 4.78 is 1.68. The number of carbonyl (C=O) groups excluding carboxylic acids is 2. The number of amides is 2. The summed E-state index contributed by atoms with van der Waals surface area (Å²) in [4.78, 5) is 31.3. The van der Waals surface area contributed by atoms with E-state index in [9.17, 15) is 9.59 Å². The number of carbonyl (C=O) groups is 2. The van der Waals surface area contributed by atoms with Crippen LogP contribution in [0.4, 0.5) is 0 Å². The first-order valence-corrected chi connectivity index (χ1v) is 9.58. The van der Waals surface area contributed by atoms with E-state index in [0.717, 1.165) is 17.0 Å². The molecule has 29 heavy (non-hydrogen) atoms. The molecule has 0 radical (unpaired) electrons. The molecule has 0 aliphatic carbocycles. The van der Waals surface area contributed by atoms with E-state index in [1.807, 2.05) is 38.1 Å². The standard InChI is InChI=1S/C22H23N5O2/c1-4-21(28)26-13-17-8-6-5-7-16(17)10-18(26)11-24-22(29)19-12-23-20-9-14(2)25-27(20)15(19)3/h4-9,12,18H,1,10-11,13H2,2-3H3,(H,24,29). The van der Waals surface area contributed by atoms with Crippen LogP contribution in [0.5, 0.6) is 0 Å².